The van der Waals surface area contributed by atoms with Gasteiger partial charge in [-0.3, -0.25) is 0 Å². The van der Waals surface area contributed by atoms with Crippen LogP contribution in [0.1, 0.15) is 50.2 Å². The van der Waals surface area contributed by atoms with Crippen LogP contribution in [0.15, 0.2) is 5.38 Å². The smallest absolute Gasteiger partial charge is 0.0931 e. The van der Waals surface area contributed by atoms with E-state index in [-0.39, 0.29) is 0 Å². The van der Waals surface area contributed by atoms with Gasteiger partial charge in [0.1, 0.15) is 0 Å². The highest BCUT2D eigenvalue weighted by Crippen LogP contribution is 2.25. The fourth-order valence-corrected chi connectivity index (χ4v) is 3.72. The molecular formula is C15H27N3S. The van der Waals surface area contributed by atoms with Crippen molar-refractivity contribution in [3.63, 3.8) is 0 Å². The lowest BCUT2D eigenvalue weighted by molar-refractivity contribution is 0.149. The predicted molar refractivity (Wildman–Crippen MR) is 82.7 cm³/mol. The lowest BCUT2D eigenvalue weighted by Gasteiger charge is -2.34. The highest BCUT2D eigenvalue weighted by atomic mass is 32.1. The number of aromatic nitrogens is 1. The van der Waals surface area contributed by atoms with Gasteiger partial charge in [0.15, 0.2) is 0 Å². The number of piperidine rings is 1. The molecule has 1 aliphatic rings. The van der Waals surface area contributed by atoms with Gasteiger partial charge in [-0.25, -0.2) is 4.98 Å². The molecule has 1 unspecified atom stereocenters. The van der Waals surface area contributed by atoms with Gasteiger partial charge in [0.25, 0.3) is 0 Å². The Morgan fingerprint density at radius 2 is 2.05 bits per heavy atom. The van der Waals surface area contributed by atoms with Crippen molar-refractivity contribution in [1.29, 1.82) is 0 Å². The van der Waals surface area contributed by atoms with E-state index in [2.05, 4.69) is 31.1 Å². The summed E-state index contributed by atoms with van der Waals surface area (Å²) in [5.41, 5.74) is 6.88. The Labute approximate surface area is 121 Å². The van der Waals surface area contributed by atoms with E-state index < -0.39 is 0 Å². The first-order valence-corrected chi connectivity index (χ1v) is 8.36. The van der Waals surface area contributed by atoms with Crippen LogP contribution in [0, 0.1) is 5.92 Å². The second-order valence-electron chi connectivity index (χ2n) is 6.08. The maximum atomic E-state index is 5.70. The molecule has 0 saturated carbocycles. The molecular weight excluding hydrogens is 254 g/mol. The van der Waals surface area contributed by atoms with Gasteiger partial charge in [0.05, 0.1) is 10.7 Å². The van der Waals surface area contributed by atoms with Gasteiger partial charge in [0, 0.05) is 30.3 Å². The summed E-state index contributed by atoms with van der Waals surface area (Å²) in [6.07, 6.45) is 3.80. The zero-order valence-corrected chi connectivity index (χ0v) is 13.2. The number of nitrogens with two attached hydrogens (primary N) is 1. The van der Waals surface area contributed by atoms with E-state index >= 15 is 0 Å². The fraction of sp³-hybridized carbons (Fsp3) is 0.800. The van der Waals surface area contributed by atoms with Crippen LogP contribution in [0.5, 0.6) is 0 Å². The van der Waals surface area contributed by atoms with E-state index in [0.717, 1.165) is 12.3 Å². The molecule has 1 aromatic rings. The molecule has 0 aliphatic carbocycles. The van der Waals surface area contributed by atoms with Crippen molar-refractivity contribution in [1.82, 2.24) is 9.88 Å². The average molecular weight is 281 g/mol. The van der Waals surface area contributed by atoms with Crippen LogP contribution in [-0.4, -0.2) is 35.6 Å². The average Bonchev–Trinajstić information content (AvgIpc) is 2.87. The van der Waals surface area contributed by atoms with Crippen LogP contribution >= 0.6 is 11.3 Å². The topological polar surface area (TPSA) is 42.1 Å². The summed E-state index contributed by atoms with van der Waals surface area (Å²) in [7, 11) is 0. The Bertz CT molecular complexity index is 380. The van der Waals surface area contributed by atoms with Crippen molar-refractivity contribution in [3.05, 3.63) is 16.1 Å². The van der Waals surface area contributed by atoms with Gasteiger partial charge < -0.3 is 10.6 Å². The molecule has 0 amide bonds. The molecule has 0 bridgehead atoms. The summed E-state index contributed by atoms with van der Waals surface area (Å²) < 4.78 is 0. The van der Waals surface area contributed by atoms with Crippen LogP contribution in [0.2, 0.25) is 0 Å². The molecule has 2 heterocycles. The Hall–Kier alpha value is -0.450. The predicted octanol–water partition coefficient (Wildman–Crippen LogP) is 2.87. The van der Waals surface area contributed by atoms with Crippen molar-refractivity contribution in [2.24, 2.45) is 11.7 Å². The Morgan fingerprint density at radius 3 is 2.63 bits per heavy atom. The van der Waals surface area contributed by atoms with E-state index in [9.17, 15) is 0 Å². The van der Waals surface area contributed by atoms with Crippen LogP contribution < -0.4 is 5.73 Å². The summed E-state index contributed by atoms with van der Waals surface area (Å²) in [6, 6.07) is 0.692. The normalized spacial score (nSPS) is 20.1. The van der Waals surface area contributed by atoms with Gasteiger partial charge in [-0.1, -0.05) is 6.92 Å². The molecule has 1 fully saturated rings. The van der Waals surface area contributed by atoms with Gasteiger partial charge in [-0.05, 0) is 45.7 Å². The number of thiazole rings is 1. The Kier molecular flexibility index (Phi) is 5.37. The minimum atomic E-state index is 0.396. The lowest BCUT2D eigenvalue weighted by Crippen LogP contribution is -2.38. The molecule has 4 heteroatoms. The molecule has 1 aliphatic heterocycles. The molecule has 1 aromatic heterocycles. The standard InChI is InChI=1S/C15H27N3S/c1-11(2)18-6-4-13(5-7-18)8-15-17-14(10-19-15)12(3)9-16/h10-13H,4-9,16H2,1-3H3. The molecule has 1 saturated heterocycles. The zero-order chi connectivity index (χ0) is 13.8. The fourth-order valence-electron chi connectivity index (χ4n) is 2.69. The molecule has 3 nitrogen and oxygen atoms in total. The van der Waals surface area contributed by atoms with Crippen molar-refractivity contribution in [2.45, 2.75) is 52.0 Å². The molecule has 0 radical (unpaired) electrons. The third-order valence-electron chi connectivity index (χ3n) is 4.27. The molecule has 0 aromatic carbocycles. The summed E-state index contributed by atoms with van der Waals surface area (Å²) in [5, 5.41) is 3.49. The summed E-state index contributed by atoms with van der Waals surface area (Å²) in [5.74, 6) is 1.22. The van der Waals surface area contributed by atoms with Gasteiger partial charge in [-0.15, -0.1) is 11.3 Å². The second kappa shape index (κ2) is 6.82. The molecule has 1 atom stereocenters. The first kappa shape index (κ1) is 14.9. The minimum Gasteiger partial charge on any atom is -0.330 e. The maximum absolute atomic E-state index is 5.70. The first-order valence-electron chi connectivity index (χ1n) is 7.48. The van der Waals surface area contributed by atoms with Gasteiger partial charge >= 0.3 is 0 Å². The van der Waals surface area contributed by atoms with Gasteiger partial charge in [-0.2, -0.15) is 0 Å². The maximum Gasteiger partial charge on any atom is 0.0931 e. The largest absolute Gasteiger partial charge is 0.330 e. The molecule has 19 heavy (non-hydrogen) atoms. The van der Waals surface area contributed by atoms with E-state index in [0.29, 0.717) is 18.5 Å². The van der Waals surface area contributed by atoms with E-state index in [4.69, 9.17) is 10.7 Å². The SMILES string of the molecule is CC(CN)c1csc(CC2CCN(C(C)C)CC2)n1. The monoisotopic (exact) mass is 281 g/mol. The zero-order valence-electron chi connectivity index (χ0n) is 12.4. The van der Waals surface area contributed by atoms with Crippen molar-refractivity contribution in [2.75, 3.05) is 19.6 Å². The van der Waals surface area contributed by atoms with Gasteiger partial charge in [0.2, 0.25) is 0 Å². The van der Waals surface area contributed by atoms with E-state index in [1.165, 1.54) is 36.6 Å². The van der Waals surface area contributed by atoms with Crippen LogP contribution in [-0.2, 0) is 6.42 Å². The number of hydrogen-bond acceptors (Lipinski definition) is 4. The first-order chi connectivity index (χ1) is 9.10. The number of likely N-dealkylation sites (tertiary alicyclic amines) is 1. The third-order valence-corrected chi connectivity index (χ3v) is 5.16. The van der Waals surface area contributed by atoms with E-state index in [1.54, 1.807) is 0 Å². The van der Waals surface area contributed by atoms with Crippen LogP contribution in [0.25, 0.3) is 0 Å². The van der Waals surface area contributed by atoms with Crippen LogP contribution in [0.4, 0.5) is 0 Å². The minimum absolute atomic E-state index is 0.396. The van der Waals surface area contributed by atoms with Crippen LogP contribution in [0.3, 0.4) is 0 Å². The van der Waals surface area contributed by atoms with Crippen molar-refractivity contribution in [3.8, 4) is 0 Å². The lowest BCUT2D eigenvalue weighted by atomic mass is 9.93. The summed E-state index contributed by atoms with van der Waals surface area (Å²) in [6.45, 7) is 9.93. The van der Waals surface area contributed by atoms with Crippen molar-refractivity contribution < 1.29 is 0 Å². The number of nitrogens with zero attached hydrogens (tertiary/aromatic N) is 2. The number of hydrogen-bond donors (Lipinski definition) is 1. The molecule has 2 rings (SSSR count). The molecule has 2 N–H and O–H groups in total. The van der Waals surface area contributed by atoms with E-state index in [1.807, 2.05) is 11.3 Å². The Morgan fingerprint density at radius 1 is 1.37 bits per heavy atom. The summed E-state index contributed by atoms with van der Waals surface area (Å²) >= 11 is 1.81. The third kappa shape index (κ3) is 4.01. The Balaban J connectivity index is 1.84. The van der Waals surface area contributed by atoms with Crippen molar-refractivity contribution >= 4 is 11.3 Å². The number of rotatable bonds is 5. The highest BCUT2D eigenvalue weighted by molar-refractivity contribution is 7.09. The quantitative estimate of drug-likeness (QED) is 0.902. The second-order valence-corrected chi connectivity index (χ2v) is 7.02. The molecule has 0 spiro atoms. The highest BCUT2D eigenvalue weighted by Gasteiger charge is 2.22. The molecule has 108 valence electrons. The summed E-state index contributed by atoms with van der Waals surface area (Å²) in [4.78, 5) is 7.34.